The third-order valence-corrected chi connectivity index (χ3v) is 4.60. The van der Waals surface area contributed by atoms with E-state index in [2.05, 4.69) is 4.90 Å². The number of nitro benzene ring substituents is 1. The van der Waals surface area contributed by atoms with E-state index in [-0.39, 0.29) is 11.7 Å². The van der Waals surface area contributed by atoms with Crippen molar-refractivity contribution in [3.8, 4) is 0 Å². The summed E-state index contributed by atoms with van der Waals surface area (Å²) in [6.45, 7) is 2.78. The van der Waals surface area contributed by atoms with Crippen LogP contribution in [0.5, 0.6) is 0 Å². The van der Waals surface area contributed by atoms with E-state index in [0.717, 1.165) is 32.2 Å². The van der Waals surface area contributed by atoms with Gasteiger partial charge in [0.1, 0.15) is 0 Å². The number of rotatable bonds is 4. The summed E-state index contributed by atoms with van der Waals surface area (Å²) >= 11 is 12.5. The fourth-order valence-electron chi connectivity index (χ4n) is 2.94. The first-order chi connectivity index (χ1) is 9.93. The van der Waals surface area contributed by atoms with Crippen molar-refractivity contribution in [3.05, 3.63) is 32.3 Å². The van der Waals surface area contributed by atoms with Gasteiger partial charge in [-0.1, -0.05) is 23.2 Å². The van der Waals surface area contributed by atoms with Crippen molar-refractivity contribution in [2.75, 3.05) is 11.4 Å². The normalized spacial score (nSPS) is 22.1. The molecule has 7 heteroatoms. The maximum atomic E-state index is 10.9. The Hall–Kier alpha value is -1.04. The van der Waals surface area contributed by atoms with Gasteiger partial charge in [0.25, 0.3) is 5.69 Å². The molecule has 0 radical (unpaired) electrons. The van der Waals surface area contributed by atoms with Gasteiger partial charge in [0, 0.05) is 30.8 Å². The van der Waals surface area contributed by atoms with E-state index >= 15 is 0 Å². The average molecular weight is 332 g/mol. The monoisotopic (exact) mass is 331 g/mol. The Kier molecular flexibility index (Phi) is 5.30. The SMILES string of the molecule is CCN(c1c(Cl)cc([N+](=O)[O-])cc1Cl)C1CCC(N)CC1. The molecule has 116 valence electrons. The van der Waals surface area contributed by atoms with Crippen molar-refractivity contribution in [2.24, 2.45) is 5.73 Å². The Morgan fingerprint density at radius 2 is 1.81 bits per heavy atom. The predicted molar refractivity (Wildman–Crippen MR) is 86.4 cm³/mol. The topological polar surface area (TPSA) is 72.4 Å². The molecule has 0 bridgehead atoms. The molecule has 1 fully saturated rings. The minimum absolute atomic E-state index is 0.0875. The van der Waals surface area contributed by atoms with Crippen LogP contribution in [-0.4, -0.2) is 23.6 Å². The van der Waals surface area contributed by atoms with Gasteiger partial charge in [-0.15, -0.1) is 0 Å². The molecule has 0 spiro atoms. The Balaban J connectivity index is 2.32. The second kappa shape index (κ2) is 6.81. The molecule has 0 aromatic heterocycles. The minimum atomic E-state index is -0.489. The quantitative estimate of drug-likeness (QED) is 0.668. The van der Waals surface area contributed by atoms with Crippen LogP contribution in [0.1, 0.15) is 32.6 Å². The lowest BCUT2D eigenvalue weighted by Gasteiger charge is -2.37. The molecule has 0 amide bonds. The lowest BCUT2D eigenvalue weighted by Crippen LogP contribution is -2.41. The van der Waals surface area contributed by atoms with E-state index in [4.69, 9.17) is 28.9 Å². The second-order valence-electron chi connectivity index (χ2n) is 5.37. The summed E-state index contributed by atoms with van der Waals surface area (Å²) in [5.41, 5.74) is 6.54. The third kappa shape index (κ3) is 3.59. The van der Waals surface area contributed by atoms with Gasteiger partial charge in [-0.05, 0) is 32.6 Å². The highest BCUT2D eigenvalue weighted by molar-refractivity contribution is 6.39. The van der Waals surface area contributed by atoms with Crippen LogP contribution < -0.4 is 10.6 Å². The van der Waals surface area contributed by atoms with Gasteiger partial charge in [0.05, 0.1) is 20.7 Å². The number of non-ortho nitro benzene ring substituents is 1. The molecule has 0 aliphatic heterocycles. The number of nitro groups is 1. The van der Waals surface area contributed by atoms with E-state index in [9.17, 15) is 10.1 Å². The van der Waals surface area contributed by atoms with Crippen molar-refractivity contribution in [3.63, 3.8) is 0 Å². The van der Waals surface area contributed by atoms with Crippen LogP contribution >= 0.6 is 23.2 Å². The second-order valence-corrected chi connectivity index (χ2v) is 6.18. The Labute approximate surface area is 134 Å². The maximum Gasteiger partial charge on any atom is 0.272 e. The Bertz CT molecular complexity index is 508. The molecule has 1 aliphatic rings. The highest BCUT2D eigenvalue weighted by Gasteiger charge is 2.27. The van der Waals surface area contributed by atoms with Crippen LogP contribution in [0.4, 0.5) is 11.4 Å². The standard InChI is InChI=1S/C14H19Cl2N3O2/c1-2-18(10-5-3-9(17)4-6-10)14-12(15)7-11(19(20)21)8-13(14)16/h7-10H,2-6,17H2,1H3. The average Bonchev–Trinajstić information content (AvgIpc) is 2.43. The van der Waals surface area contributed by atoms with Gasteiger partial charge in [-0.3, -0.25) is 10.1 Å². The van der Waals surface area contributed by atoms with Crippen LogP contribution in [0.15, 0.2) is 12.1 Å². The van der Waals surface area contributed by atoms with E-state index in [0.29, 0.717) is 21.8 Å². The van der Waals surface area contributed by atoms with Gasteiger partial charge in [0.15, 0.2) is 0 Å². The van der Waals surface area contributed by atoms with E-state index < -0.39 is 4.92 Å². The molecule has 2 N–H and O–H groups in total. The van der Waals surface area contributed by atoms with Crippen molar-refractivity contribution in [1.29, 1.82) is 0 Å². The molecular formula is C14H19Cl2N3O2. The van der Waals surface area contributed by atoms with E-state index in [1.165, 1.54) is 12.1 Å². The third-order valence-electron chi connectivity index (χ3n) is 4.02. The highest BCUT2D eigenvalue weighted by atomic mass is 35.5. The first-order valence-corrected chi connectivity index (χ1v) is 7.85. The molecular weight excluding hydrogens is 313 g/mol. The zero-order valence-corrected chi connectivity index (χ0v) is 13.4. The van der Waals surface area contributed by atoms with Gasteiger partial charge in [-0.2, -0.15) is 0 Å². The maximum absolute atomic E-state index is 10.9. The Morgan fingerprint density at radius 1 is 1.29 bits per heavy atom. The summed E-state index contributed by atoms with van der Waals surface area (Å²) in [7, 11) is 0. The molecule has 1 aromatic carbocycles. The number of hydrogen-bond acceptors (Lipinski definition) is 4. The van der Waals surface area contributed by atoms with Crippen molar-refractivity contribution in [1.82, 2.24) is 0 Å². The molecule has 1 saturated carbocycles. The minimum Gasteiger partial charge on any atom is -0.366 e. The zero-order chi connectivity index (χ0) is 15.6. The summed E-state index contributed by atoms with van der Waals surface area (Å²) in [6, 6.07) is 3.31. The van der Waals surface area contributed by atoms with Gasteiger partial charge < -0.3 is 10.6 Å². The smallest absolute Gasteiger partial charge is 0.272 e. The van der Waals surface area contributed by atoms with Crippen molar-refractivity contribution >= 4 is 34.6 Å². The van der Waals surface area contributed by atoms with Crippen LogP contribution in [0, 0.1) is 10.1 Å². The van der Waals surface area contributed by atoms with Crippen LogP contribution in [0.25, 0.3) is 0 Å². The van der Waals surface area contributed by atoms with E-state index in [1.54, 1.807) is 0 Å². The highest BCUT2D eigenvalue weighted by Crippen LogP contribution is 2.40. The summed E-state index contributed by atoms with van der Waals surface area (Å²) in [4.78, 5) is 12.5. The molecule has 0 unspecified atom stereocenters. The summed E-state index contributed by atoms with van der Waals surface area (Å²) in [5, 5.41) is 11.5. The lowest BCUT2D eigenvalue weighted by molar-refractivity contribution is -0.384. The number of anilines is 1. The fraction of sp³-hybridized carbons (Fsp3) is 0.571. The molecule has 0 atom stereocenters. The number of nitrogens with two attached hydrogens (primary N) is 1. The van der Waals surface area contributed by atoms with Crippen molar-refractivity contribution in [2.45, 2.75) is 44.7 Å². The predicted octanol–water partition coefficient (Wildman–Crippen LogP) is 4.00. The molecule has 0 heterocycles. The Morgan fingerprint density at radius 3 is 2.24 bits per heavy atom. The molecule has 2 rings (SSSR count). The molecule has 1 aromatic rings. The van der Waals surface area contributed by atoms with Crippen LogP contribution in [-0.2, 0) is 0 Å². The molecule has 1 aliphatic carbocycles. The number of nitrogens with zero attached hydrogens (tertiary/aromatic N) is 2. The number of benzene rings is 1. The number of hydrogen-bond donors (Lipinski definition) is 1. The van der Waals surface area contributed by atoms with E-state index in [1.807, 2.05) is 6.92 Å². The summed E-state index contributed by atoms with van der Waals surface area (Å²) in [6.07, 6.45) is 3.92. The molecule has 21 heavy (non-hydrogen) atoms. The van der Waals surface area contributed by atoms with Crippen molar-refractivity contribution < 1.29 is 4.92 Å². The zero-order valence-electron chi connectivity index (χ0n) is 11.9. The van der Waals surface area contributed by atoms with Gasteiger partial charge in [-0.25, -0.2) is 0 Å². The molecule has 0 saturated heterocycles. The number of halogens is 2. The first-order valence-electron chi connectivity index (χ1n) is 7.09. The van der Waals surface area contributed by atoms with Gasteiger partial charge >= 0.3 is 0 Å². The lowest BCUT2D eigenvalue weighted by atomic mass is 9.90. The van der Waals surface area contributed by atoms with Gasteiger partial charge in [0.2, 0.25) is 0 Å². The fourth-order valence-corrected chi connectivity index (χ4v) is 3.64. The molecule has 5 nitrogen and oxygen atoms in total. The van der Waals surface area contributed by atoms with Crippen LogP contribution in [0.2, 0.25) is 10.0 Å². The first kappa shape index (κ1) is 16.3. The largest absolute Gasteiger partial charge is 0.366 e. The summed E-state index contributed by atoms with van der Waals surface area (Å²) in [5.74, 6) is 0. The van der Waals surface area contributed by atoms with Crippen LogP contribution in [0.3, 0.4) is 0 Å². The summed E-state index contributed by atoms with van der Waals surface area (Å²) < 4.78 is 0.